The van der Waals surface area contributed by atoms with Crippen LogP contribution in [0.2, 0.25) is 0 Å². The van der Waals surface area contributed by atoms with Gasteiger partial charge in [0.1, 0.15) is 5.82 Å². The maximum atomic E-state index is 12.4. The first-order valence-corrected chi connectivity index (χ1v) is 10.2. The third-order valence-electron chi connectivity index (χ3n) is 5.42. The van der Waals surface area contributed by atoms with Crippen LogP contribution in [0.3, 0.4) is 0 Å². The van der Waals surface area contributed by atoms with Crippen molar-refractivity contribution in [2.45, 2.75) is 39.7 Å². The molecule has 0 saturated carbocycles. The molecule has 1 aliphatic rings. The van der Waals surface area contributed by atoms with E-state index in [-0.39, 0.29) is 5.56 Å². The first-order chi connectivity index (χ1) is 13.6. The fraction of sp³-hybridized carbons (Fsp3) is 0.391. The largest absolute Gasteiger partial charge is 0.372 e. The number of pyridine rings is 2. The highest BCUT2D eigenvalue weighted by molar-refractivity contribution is 5.81. The van der Waals surface area contributed by atoms with E-state index < -0.39 is 0 Å². The van der Waals surface area contributed by atoms with Gasteiger partial charge in [0.2, 0.25) is 0 Å². The van der Waals surface area contributed by atoms with E-state index in [1.165, 1.54) is 18.5 Å². The number of nitrogens with one attached hydrogen (secondary N) is 1. The third kappa shape index (κ3) is 4.03. The highest BCUT2D eigenvalue weighted by atomic mass is 16.1. The molecule has 1 N–H and O–H groups in total. The first-order valence-electron chi connectivity index (χ1n) is 10.2. The van der Waals surface area contributed by atoms with Crippen molar-refractivity contribution in [1.82, 2.24) is 9.55 Å². The van der Waals surface area contributed by atoms with Crippen molar-refractivity contribution in [2.75, 3.05) is 23.3 Å². The predicted molar refractivity (Wildman–Crippen MR) is 117 cm³/mol. The number of aromatic nitrogens is 2. The van der Waals surface area contributed by atoms with E-state index >= 15 is 0 Å². The topological polar surface area (TPSA) is 50.2 Å². The molecule has 0 bridgehead atoms. The second kappa shape index (κ2) is 8.05. The number of nitrogens with zero attached hydrogens (tertiary/aromatic N) is 3. The van der Waals surface area contributed by atoms with Crippen LogP contribution in [0.5, 0.6) is 0 Å². The molecule has 146 valence electrons. The van der Waals surface area contributed by atoms with Gasteiger partial charge in [-0.3, -0.25) is 4.79 Å². The first kappa shape index (κ1) is 18.5. The van der Waals surface area contributed by atoms with Gasteiger partial charge in [0.05, 0.1) is 5.52 Å². The zero-order valence-electron chi connectivity index (χ0n) is 16.7. The Hall–Kier alpha value is -2.82. The number of rotatable bonds is 6. The molecule has 0 unspecified atom stereocenters. The van der Waals surface area contributed by atoms with Crippen LogP contribution in [0.25, 0.3) is 10.9 Å². The molecule has 0 atom stereocenters. The Labute approximate surface area is 166 Å². The Morgan fingerprint density at radius 1 is 1.07 bits per heavy atom. The van der Waals surface area contributed by atoms with Gasteiger partial charge >= 0.3 is 0 Å². The van der Waals surface area contributed by atoms with Crippen LogP contribution in [0.4, 0.5) is 17.2 Å². The monoisotopic (exact) mass is 376 g/mol. The normalized spacial score (nSPS) is 14.2. The molecule has 3 aromatic rings. The second-order valence-electron chi connectivity index (χ2n) is 8.00. The van der Waals surface area contributed by atoms with Crippen LogP contribution in [0.1, 0.15) is 33.1 Å². The third-order valence-corrected chi connectivity index (χ3v) is 5.42. The maximum absolute atomic E-state index is 12.4. The SMILES string of the molecule is CC(C)CCn1c(=O)ccc2cnc(Nc3ccc(N4CCCC4)cc3)cc21. The van der Waals surface area contributed by atoms with Gasteiger partial charge in [-0.05, 0) is 55.5 Å². The van der Waals surface area contributed by atoms with Gasteiger partial charge in [-0.25, -0.2) is 4.98 Å². The van der Waals surface area contributed by atoms with E-state index in [1.807, 2.05) is 22.9 Å². The van der Waals surface area contributed by atoms with E-state index in [1.54, 1.807) is 6.07 Å². The van der Waals surface area contributed by atoms with Gasteiger partial charge in [0.15, 0.2) is 0 Å². The molecule has 0 amide bonds. The molecule has 0 aliphatic carbocycles. The summed E-state index contributed by atoms with van der Waals surface area (Å²) in [6.45, 7) is 7.37. The highest BCUT2D eigenvalue weighted by Crippen LogP contribution is 2.24. The molecule has 5 nitrogen and oxygen atoms in total. The standard InChI is InChI=1S/C23H28N4O/c1-17(2)11-14-27-21-15-22(24-16-18(21)5-10-23(27)28)25-19-6-8-20(9-7-19)26-12-3-4-13-26/h5-10,15-17H,3-4,11-14H2,1-2H3,(H,24,25). The van der Waals surface area contributed by atoms with Gasteiger partial charge in [0, 0.05) is 54.7 Å². The lowest BCUT2D eigenvalue weighted by Crippen LogP contribution is -2.20. The second-order valence-corrected chi connectivity index (χ2v) is 8.00. The van der Waals surface area contributed by atoms with Crippen molar-refractivity contribution in [3.63, 3.8) is 0 Å². The Kier molecular flexibility index (Phi) is 5.33. The minimum absolute atomic E-state index is 0.0419. The van der Waals surface area contributed by atoms with Gasteiger partial charge in [-0.15, -0.1) is 0 Å². The Balaban J connectivity index is 1.58. The fourth-order valence-corrected chi connectivity index (χ4v) is 3.75. The number of hydrogen-bond donors (Lipinski definition) is 1. The predicted octanol–water partition coefficient (Wildman–Crippen LogP) is 4.79. The molecule has 5 heteroatoms. The molecule has 0 radical (unpaired) electrons. The number of anilines is 3. The summed E-state index contributed by atoms with van der Waals surface area (Å²) in [5.41, 5.74) is 3.25. The number of fused-ring (bicyclic) bond motifs is 1. The molecule has 1 fully saturated rings. The fourth-order valence-electron chi connectivity index (χ4n) is 3.75. The van der Waals surface area contributed by atoms with Crippen LogP contribution in [0, 0.1) is 5.92 Å². The molecule has 0 spiro atoms. The van der Waals surface area contributed by atoms with E-state index in [0.29, 0.717) is 5.92 Å². The summed E-state index contributed by atoms with van der Waals surface area (Å²) >= 11 is 0. The van der Waals surface area contributed by atoms with Crippen molar-refractivity contribution in [2.24, 2.45) is 5.92 Å². The van der Waals surface area contributed by atoms with E-state index in [0.717, 1.165) is 48.5 Å². The average molecular weight is 377 g/mol. The Morgan fingerprint density at radius 3 is 2.54 bits per heavy atom. The van der Waals surface area contributed by atoms with Crippen LogP contribution in [-0.2, 0) is 6.54 Å². The van der Waals surface area contributed by atoms with Gasteiger partial charge in [-0.1, -0.05) is 13.8 Å². The molecular weight excluding hydrogens is 348 g/mol. The van der Waals surface area contributed by atoms with Crippen LogP contribution in [0.15, 0.2) is 53.5 Å². The maximum Gasteiger partial charge on any atom is 0.251 e. The summed E-state index contributed by atoms with van der Waals surface area (Å²) in [6, 6.07) is 14.0. The van der Waals surface area contributed by atoms with Gasteiger partial charge < -0.3 is 14.8 Å². The minimum Gasteiger partial charge on any atom is -0.372 e. The summed E-state index contributed by atoms with van der Waals surface area (Å²) in [5.74, 6) is 1.31. The van der Waals surface area contributed by atoms with E-state index in [2.05, 4.69) is 53.3 Å². The molecule has 1 aromatic carbocycles. The molecule has 1 saturated heterocycles. The summed E-state index contributed by atoms with van der Waals surface area (Å²) in [4.78, 5) is 19.3. The van der Waals surface area contributed by atoms with Crippen molar-refractivity contribution in [3.8, 4) is 0 Å². The zero-order valence-corrected chi connectivity index (χ0v) is 16.7. The summed E-state index contributed by atoms with van der Waals surface area (Å²) in [7, 11) is 0. The lowest BCUT2D eigenvalue weighted by Gasteiger charge is -2.18. The molecule has 28 heavy (non-hydrogen) atoms. The zero-order chi connectivity index (χ0) is 19.5. The van der Waals surface area contributed by atoms with Crippen LogP contribution in [-0.4, -0.2) is 22.6 Å². The van der Waals surface area contributed by atoms with Crippen molar-refractivity contribution in [3.05, 3.63) is 59.0 Å². The quantitative estimate of drug-likeness (QED) is 0.672. The van der Waals surface area contributed by atoms with Gasteiger partial charge in [-0.2, -0.15) is 0 Å². The highest BCUT2D eigenvalue weighted by Gasteiger charge is 2.12. The summed E-state index contributed by atoms with van der Waals surface area (Å²) in [6.07, 6.45) is 5.36. The van der Waals surface area contributed by atoms with Gasteiger partial charge in [0.25, 0.3) is 5.56 Å². The lowest BCUT2D eigenvalue weighted by atomic mass is 10.1. The van der Waals surface area contributed by atoms with Crippen molar-refractivity contribution < 1.29 is 0 Å². The summed E-state index contributed by atoms with van der Waals surface area (Å²) in [5, 5.41) is 4.36. The van der Waals surface area contributed by atoms with E-state index in [4.69, 9.17) is 0 Å². The number of benzene rings is 1. The summed E-state index contributed by atoms with van der Waals surface area (Å²) < 4.78 is 1.86. The minimum atomic E-state index is 0.0419. The van der Waals surface area contributed by atoms with Crippen LogP contribution < -0.4 is 15.8 Å². The molecular formula is C23H28N4O. The lowest BCUT2D eigenvalue weighted by molar-refractivity contribution is 0.517. The molecule has 4 rings (SSSR count). The molecule has 2 aromatic heterocycles. The smallest absolute Gasteiger partial charge is 0.251 e. The molecule has 1 aliphatic heterocycles. The molecule has 3 heterocycles. The van der Waals surface area contributed by atoms with E-state index in [9.17, 15) is 4.79 Å². The average Bonchev–Trinajstić information content (AvgIpc) is 3.22. The Morgan fingerprint density at radius 2 is 1.82 bits per heavy atom. The van der Waals surface area contributed by atoms with Crippen molar-refractivity contribution >= 4 is 28.1 Å². The number of hydrogen-bond acceptors (Lipinski definition) is 4. The van der Waals surface area contributed by atoms with Crippen LogP contribution >= 0.6 is 0 Å². The number of aryl methyl sites for hydroxylation is 1. The van der Waals surface area contributed by atoms with Crippen molar-refractivity contribution in [1.29, 1.82) is 0 Å². The Bertz CT molecular complexity index is 1000.